The molecule has 0 saturated heterocycles. The number of thiophene rings is 1. The van der Waals surface area contributed by atoms with Crippen LogP contribution in [0.2, 0.25) is 0 Å². The van der Waals surface area contributed by atoms with E-state index in [1.807, 2.05) is 12.1 Å². The maximum atomic E-state index is 13.1. The number of alkyl halides is 3. The fourth-order valence-electron chi connectivity index (χ4n) is 3.61. The Morgan fingerprint density at radius 2 is 1.91 bits per heavy atom. The van der Waals surface area contributed by atoms with Gasteiger partial charge in [-0.3, -0.25) is 0 Å². The summed E-state index contributed by atoms with van der Waals surface area (Å²) in [4.78, 5) is 2.34. The first-order chi connectivity index (χ1) is 15.2. The summed E-state index contributed by atoms with van der Waals surface area (Å²) in [6.07, 6.45) is -0.873. The zero-order valence-corrected chi connectivity index (χ0v) is 19.9. The first-order valence-corrected chi connectivity index (χ1v) is 12.4. The van der Waals surface area contributed by atoms with Crippen LogP contribution in [0.3, 0.4) is 0 Å². The van der Waals surface area contributed by atoms with Crippen LogP contribution in [-0.4, -0.2) is 17.5 Å². The molecule has 3 aromatic rings. The monoisotopic (exact) mass is 480 g/mol. The standard InChI is InChI=1S/C25H27F3O2S2/c1-4-17-13-19(9-11-22(17)30-15-16(3)29)31-12-6-7-23-20(5-2)21-10-8-18(25(26,27)28)14-24(21)32-23/h8-11,13-14,29H,3-7,12,15H2,1-2H3. The van der Waals surface area contributed by atoms with Crippen LogP contribution in [0.1, 0.15) is 41.8 Å². The quantitative estimate of drug-likeness (QED) is 0.180. The molecular weight excluding hydrogens is 453 g/mol. The van der Waals surface area contributed by atoms with E-state index in [1.54, 1.807) is 17.8 Å². The maximum Gasteiger partial charge on any atom is 0.416 e. The zero-order valence-electron chi connectivity index (χ0n) is 18.2. The Hall–Kier alpha value is -2.12. The van der Waals surface area contributed by atoms with Crippen LogP contribution in [0.4, 0.5) is 13.2 Å². The summed E-state index contributed by atoms with van der Waals surface area (Å²) in [6.45, 7) is 7.63. The molecule has 0 spiro atoms. The van der Waals surface area contributed by atoms with E-state index in [0.29, 0.717) is 4.70 Å². The number of aliphatic hydroxyl groups is 1. The lowest BCUT2D eigenvalue weighted by molar-refractivity contribution is -0.137. The van der Waals surface area contributed by atoms with E-state index < -0.39 is 11.7 Å². The van der Waals surface area contributed by atoms with E-state index in [9.17, 15) is 18.3 Å². The number of fused-ring (bicyclic) bond motifs is 1. The Kier molecular flexibility index (Phi) is 8.17. The van der Waals surface area contributed by atoms with E-state index in [4.69, 9.17) is 4.74 Å². The van der Waals surface area contributed by atoms with Gasteiger partial charge in [-0.15, -0.1) is 23.1 Å². The molecule has 3 rings (SSSR count). The van der Waals surface area contributed by atoms with Crippen molar-refractivity contribution in [3.05, 3.63) is 70.3 Å². The van der Waals surface area contributed by atoms with E-state index in [2.05, 4.69) is 26.5 Å². The van der Waals surface area contributed by atoms with Crippen LogP contribution in [0.15, 0.2) is 53.6 Å². The summed E-state index contributed by atoms with van der Waals surface area (Å²) >= 11 is 3.25. The minimum absolute atomic E-state index is 0.00665. The molecule has 0 saturated carbocycles. The Morgan fingerprint density at radius 1 is 1.12 bits per heavy atom. The first kappa shape index (κ1) is 24.5. The average molecular weight is 481 g/mol. The second-order valence-corrected chi connectivity index (χ2v) is 9.80. The van der Waals surface area contributed by atoms with Crippen LogP contribution in [0.5, 0.6) is 5.75 Å². The molecule has 32 heavy (non-hydrogen) atoms. The van der Waals surface area contributed by atoms with Gasteiger partial charge in [-0.25, -0.2) is 0 Å². The van der Waals surface area contributed by atoms with Crippen molar-refractivity contribution in [3.63, 3.8) is 0 Å². The minimum atomic E-state index is -4.31. The van der Waals surface area contributed by atoms with Crippen LogP contribution in [0, 0.1) is 0 Å². The van der Waals surface area contributed by atoms with Crippen LogP contribution in [-0.2, 0) is 25.4 Å². The number of thioether (sulfide) groups is 1. The highest BCUT2D eigenvalue weighted by atomic mass is 32.2. The van der Waals surface area contributed by atoms with Crippen molar-refractivity contribution in [2.24, 2.45) is 0 Å². The molecule has 1 N–H and O–H groups in total. The topological polar surface area (TPSA) is 29.5 Å². The highest BCUT2D eigenvalue weighted by molar-refractivity contribution is 7.99. The fraction of sp³-hybridized carbons (Fsp3) is 0.360. The normalized spacial score (nSPS) is 11.8. The number of aliphatic hydroxyl groups excluding tert-OH is 1. The Bertz CT molecular complexity index is 1090. The molecule has 0 atom stereocenters. The molecule has 0 fully saturated rings. The molecule has 1 aromatic heterocycles. The van der Waals surface area contributed by atoms with E-state index in [0.717, 1.165) is 53.0 Å². The largest absolute Gasteiger partial charge is 0.509 e. The minimum Gasteiger partial charge on any atom is -0.509 e. The third-order valence-corrected chi connectivity index (χ3v) is 7.52. The number of ether oxygens (including phenoxy) is 1. The van der Waals surface area contributed by atoms with Gasteiger partial charge < -0.3 is 9.84 Å². The van der Waals surface area contributed by atoms with Crippen molar-refractivity contribution in [1.29, 1.82) is 0 Å². The van der Waals surface area contributed by atoms with Crippen molar-refractivity contribution in [2.45, 2.75) is 50.6 Å². The van der Waals surface area contributed by atoms with Crippen LogP contribution >= 0.6 is 23.1 Å². The molecule has 0 aliphatic carbocycles. The highest BCUT2D eigenvalue weighted by Gasteiger charge is 2.30. The van der Waals surface area contributed by atoms with Gasteiger partial charge in [0.05, 0.1) is 5.56 Å². The third-order valence-electron chi connectivity index (χ3n) is 5.18. The number of rotatable bonds is 10. The lowest BCUT2D eigenvalue weighted by atomic mass is 10.0. The summed E-state index contributed by atoms with van der Waals surface area (Å²) in [5, 5.41) is 10.2. The molecule has 0 aliphatic heterocycles. The number of hydrogen-bond donors (Lipinski definition) is 1. The first-order valence-electron chi connectivity index (χ1n) is 10.6. The Balaban J connectivity index is 1.63. The van der Waals surface area contributed by atoms with Crippen molar-refractivity contribution in [3.8, 4) is 5.75 Å². The van der Waals surface area contributed by atoms with E-state index in [1.165, 1.54) is 33.9 Å². The molecule has 7 heteroatoms. The van der Waals surface area contributed by atoms with Crippen LogP contribution in [0.25, 0.3) is 10.1 Å². The number of aryl methyl sites for hydroxylation is 3. The van der Waals surface area contributed by atoms with Gasteiger partial charge in [-0.05, 0) is 78.3 Å². The van der Waals surface area contributed by atoms with Crippen molar-refractivity contribution in [1.82, 2.24) is 0 Å². The van der Waals surface area contributed by atoms with Crippen molar-refractivity contribution < 1.29 is 23.0 Å². The molecule has 2 aromatic carbocycles. The van der Waals surface area contributed by atoms with Gasteiger partial charge in [0, 0.05) is 14.5 Å². The third kappa shape index (κ3) is 6.01. The average Bonchev–Trinajstić information content (AvgIpc) is 3.11. The van der Waals surface area contributed by atoms with Crippen molar-refractivity contribution in [2.75, 3.05) is 12.4 Å². The molecule has 0 unspecified atom stereocenters. The smallest absolute Gasteiger partial charge is 0.416 e. The van der Waals surface area contributed by atoms with E-state index >= 15 is 0 Å². The van der Waals surface area contributed by atoms with E-state index in [-0.39, 0.29) is 12.4 Å². The van der Waals surface area contributed by atoms with Gasteiger partial charge in [0.1, 0.15) is 18.1 Å². The fourth-order valence-corrected chi connectivity index (χ4v) is 5.90. The van der Waals surface area contributed by atoms with Gasteiger partial charge in [-0.1, -0.05) is 26.5 Å². The molecule has 172 valence electrons. The molecule has 0 bridgehead atoms. The number of hydrogen-bond acceptors (Lipinski definition) is 4. The zero-order chi connectivity index (χ0) is 23.3. The summed E-state index contributed by atoms with van der Waals surface area (Å²) in [5.74, 6) is 1.66. The molecule has 1 heterocycles. The molecule has 2 nitrogen and oxygen atoms in total. The second-order valence-electron chi connectivity index (χ2n) is 7.50. The van der Waals surface area contributed by atoms with Gasteiger partial charge in [0.15, 0.2) is 0 Å². The number of benzene rings is 2. The van der Waals surface area contributed by atoms with Gasteiger partial charge >= 0.3 is 6.18 Å². The predicted molar refractivity (Wildman–Crippen MR) is 128 cm³/mol. The lowest BCUT2D eigenvalue weighted by Gasteiger charge is -2.11. The van der Waals surface area contributed by atoms with Crippen molar-refractivity contribution >= 4 is 33.2 Å². The van der Waals surface area contributed by atoms with Gasteiger partial charge in [0.2, 0.25) is 0 Å². The predicted octanol–water partition coefficient (Wildman–Crippen LogP) is 8.22. The Morgan fingerprint density at radius 3 is 2.56 bits per heavy atom. The van der Waals surface area contributed by atoms with Crippen LogP contribution < -0.4 is 4.74 Å². The SMILES string of the molecule is C=C(O)COc1ccc(SCCCc2sc3cc(C(F)(F)F)ccc3c2CC)cc1CC. The Labute approximate surface area is 195 Å². The lowest BCUT2D eigenvalue weighted by Crippen LogP contribution is -2.03. The molecular formula is C25H27F3O2S2. The second kappa shape index (κ2) is 10.7. The number of halogens is 3. The maximum absolute atomic E-state index is 13.1. The summed E-state index contributed by atoms with van der Waals surface area (Å²) in [5.41, 5.74) is 1.66. The molecule has 0 radical (unpaired) electrons. The summed E-state index contributed by atoms with van der Waals surface area (Å²) in [6, 6.07) is 10.1. The molecule has 0 amide bonds. The summed E-state index contributed by atoms with van der Waals surface area (Å²) < 4.78 is 45.5. The molecule has 0 aliphatic rings. The summed E-state index contributed by atoms with van der Waals surface area (Å²) in [7, 11) is 0. The van der Waals surface area contributed by atoms with Gasteiger partial charge in [-0.2, -0.15) is 13.2 Å². The highest BCUT2D eigenvalue weighted by Crippen LogP contribution is 2.38. The van der Waals surface area contributed by atoms with Gasteiger partial charge in [0.25, 0.3) is 0 Å².